The van der Waals surface area contributed by atoms with E-state index in [0.717, 1.165) is 11.6 Å². The van der Waals surface area contributed by atoms with E-state index in [-0.39, 0.29) is 4.79 Å². The standard InChI is InChI=1S/C9H6FNO/c10-11-6-5-7-3-1-2-4-8(7)9(11)12/h1-6H. The Labute approximate surface area is 67.8 Å². The molecule has 60 valence electrons. The van der Waals surface area contributed by atoms with E-state index in [1.54, 1.807) is 24.3 Å². The van der Waals surface area contributed by atoms with Crippen LogP contribution in [-0.2, 0) is 0 Å². The lowest BCUT2D eigenvalue weighted by molar-refractivity contribution is 0.355. The summed E-state index contributed by atoms with van der Waals surface area (Å²) in [5.74, 6) is 0. The zero-order chi connectivity index (χ0) is 8.55. The highest BCUT2D eigenvalue weighted by molar-refractivity contribution is 5.80. The molecule has 0 spiro atoms. The van der Waals surface area contributed by atoms with Gasteiger partial charge in [0.25, 0.3) is 5.56 Å². The molecule has 1 aromatic carbocycles. The normalized spacial score (nSPS) is 10.4. The third-order valence-corrected chi connectivity index (χ3v) is 1.77. The lowest BCUT2D eigenvalue weighted by Crippen LogP contribution is -2.12. The summed E-state index contributed by atoms with van der Waals surface area (Å²) in [6.45, 7) is 0. The van der Waals surface area contributed by atoms with Gasteiger partial charge in [0.2, 0.25) is 0 Å². The minimum absolute atomic E-state index is 0.0856. The molecule has 1 aromatic heterocycles. The van der Waals surface area contributed by atoms with Crippen LogP contribution in [0.25, 0.3) is 10.8 Å². The van der Waals surface area contributed by atoms with E-state index in [9.17, 15) is 9.28 Å². The van der Waals surface area contributed by atoms with Gasteiger partial charge in [-0.15, -0.1) is 4.79 Å². The molecule has 2 aromatic rings. The summed E-state index contributed by atoms with van der Waals surface area (Å²) in [7, 11) is 0. The third kappa shape index (κ3) is 0.906. The molecule has 0 saturated carbocycles. The molecule has 0 unspecified atom stereocenters. The van der Waals surface area contributed by atoms with Crippen molar-refractivity contribution in [2.24, 2.45) is 0 Å². The summed E-state index contributed by atoms with van der Waals surface area (Å²) in [6.07, 6.45) is 1.12. The molecule has 2 rings (SSSR count). The highest BCUT2D eigenvalue weighted by atomic mass is 19.2. The van der Waals surface area contributed by atoms with Gasteiger partial charge >= 0.3 is 0 Å². The van der Waals surface area contributed by atoms with Crippen LogP contribution in [0.3, 0.4) is 0 Å². The molecule has 2 nitrogen and oxygen atoms in total. The van der Waals surface area contributed by atoms with Crippen molar-refractivity contribution < 1.29 is 4.48 Å². The summed E-state index contributed by atoms with van der Waals surface area (Å²) in [6, 6.07) is 8.47. The highest BCUT2D eigenvalue weighted by Crippen LogP contribution is 2.07. The van der Waals surface area contributed by atoms with Crippen LogP contribution < -0.4 is 5.56 Å². The second-order valence-corrected chi connectivity index (χ2v) is 2.52. The van der Waals surface area contributed by atoms with E-state index in [2.05, 4.69) is 0 Å². The molecule has 0 aliphatic heterocycles. The molecule has 0 aliphatic carbocycles. The van der Waals surface area contributed by atoms with Crippen LogP contribution >= 0.6 is 0 Å². The predicted molar refractivity (Wildman–Crippen MR) is 44.7 cm³/mol. The van der Waals surface area contributed by atoms with Gasteiger partial charge in [-0.05, 0) is 17.5 Å². The quantitative estimate of drug-likeness (QED) is 0.579. The lowest BCUT2D eigenvalue weighted by atomic mass is 10.2. The molecule has 0 radical (unpaired) electrons. The Balaban J connectivity index is 3.01. The number of hydrogen-bond donors (Lipinski definition) is 0. The number of pyridine rings is 1. The van der Waals surface area contributed by atoms with Gasteiger partial charge in [-0.25, -0.2) is 0 Å². The molecule has 3 heteroatoms. The van der Waals surface area contributed by atoms with Crippen molar-refractivity contribution >= 4 is 10.8 Å². The number of fused-ring (bicyclic) bond motifs is 1. The Bertz CT molecular complexity index is 475. The summed E-state index contributed by atoms with van der Waals surface area (Å²) in [5.41, 5.74) is -0.604. The number of halogens is 1. The van der Waals surface area contributed by atoms with Crippen molar-refractivity contribution in [1.29, 1.82) is 0 Å². The number of hydrogen-bond acceptors (Lipinski definition) is 1. The minimum Gasteiger partial charge on any atom is -0.266 e. The van der Waals surface area contributed by atoms with Crippen LogP contribution in [0.2, 0.25) is 0 Å². The maximum atomic E-state index is 12.7. The van der Waals surface area contributed by atoms with E-state index in [1.807, 2.05) is 6.07 Å². The Hall–Kier alpha value is -1.64. The first-order chi connectivity index (χ1) is 5.79. The van der Waals surface area contributed by atoms with Crippen LogP contribution in [0, 0.1) is 0 Å². The topological polar surface area (TPSA) is 22.0 Å². The average molecular weight is 163 g/mol. The molecule has 0 saturated heterocycles. The Morgan fingerprint density at radius 2 is 1.92 bits per heavy atom. The SMILES string of the molecule is O=c1c2ccccc2ccn1F. The maximum Gasteiger partial charge on any atom is 0.286 e. The fourth-order valence-corrected chi connectivity index (χ4v) is 1.17. The summed E-state index contributed by atoms with van der Waals surface area (Å²) >= 11 is 0. The summed E-state index contributed by atoms with van der Waals surface area (Å²) < 4.78 is 12.7. The van der Waals surface area contributed by atoms with Gasteiger partial charge in [-0.2, -0.15) is 0 Å². The van der Waals surface area contributed by atoms with Gasteiger partial charge < -0.3 is 0 Å². The fourth-order valence-electron chi connectivity index (χ4n) is 1.17. The predicted octanol–water partition coefficient (Wildman–Crippen LogP) is 1.73. The average Bonchev–Trinajstić information content (AvgIpc) is 2.12. The summed E-state index contributed by atoms with van der Waals surface area (Å²) in [5, 5.41) is 1.17. The molecule has 0 aliphatic rings. The van der Waals surface area contributed by atoms with Gasteiger partial charge in [-0.3, -0.25) is 4.79 Å². The van der Waals surface area contributed by atoms with E-state index in [0.29, 0.717) is 5.39 Å². The van der Waals surface area contributed by atoms with Crippen LogP contribution in [0.1, 0.15) is 0 Å². The molecule has 1 heterocycles. The van der Waals surface area contributed by atoms with Crippen LogP contribution in [0.5, 0.6) is 0 Å². The second-order valence-electron chi connectivity index (χ2n) is 2.52. The van der Waals surface area contributed by atoms with E-state index in [1.165, 1.54) is 0 Å². The van der Waals surface area contributed by atoms with Gasteiger partial charge in [-0.1, -0.05) is 22.7 Å². The largest absolute Gasteiger partial charge is 0.286 e. The molecule has 0 fully saturated rings. The first kappa shape index (κ1) is 7.03. The van der Waals surface area contributed by atoms with Crippen molar-refractivity contribution in [2.75, 3.05) is 0 Å². The van der Waals surface area contributed by atoms with Crippen LogP contribution in [0.4, 0.5) is 4.48 Å². The smallest absolute Gasteiger partial charge is 0.266 e. The van der Waals surface area contributed by atoms with E-state index >= 15 is 0 Å². The molecule has 0 bridgehead atoms. The third-order valence-electron chi connectivity index (χ3n) is 1.77. The van der Waals surface area contributed by atoms with E-state index in [4.69, 9.17) is 0 Å². The van der Waals surface area contributed by atoms with Gasteiger partial charge in [0.05, 0.1) is 0 Å². The van der Waals surface area contributed by atoms with Gasteiger partial charge in [0.15, 0.2) is 0 Å². The number of aromatic nitrogens is 1. The second kappa shape index (κ2) is 2.44. The zero-order valence-electron chi connectivity index (χ0n) is 6.20. The molecule has 12 heavy (non-hydrogen) atoms. The van der Waals surface area contributed by atoms with Crippen molar-refractivity contribution in [3.63, 3.8) is 0 Å². The Morgan fingerprint density at radius 1 is 1.17 bits per heavy atom. The molecular formula is C9H6FNO. The monoisotopic (exact) mass is 163 g/mol. The summed E-state index contributed by atoms with van der Waals surface area (Å²) in [4.78, 5) is 11.2. The molecule has 0 amide bonds. The minimum atomic E-state index is -0.604. The Kier molecular flexibility index (Phi) is 1.43. The van der Waals surface area contributed by atoms with Gasteiger partial charge in [0.1, 0.15) is 0 Å². The highest BCUT2D eigenvalue weighted by Gasteiger charge is 1.98. The van der Waals surface area contributed by atoms with Crippen LogP contribution in [0.15, 0.2) is 41.3 Å². The Morgan fingerprint density at radius 3 is 2.75 bits per heavy atom. The number of nitrogens with zero attached hydrogens (tertiary/aromatic N) is 1. The molecule has 0 atom stereocenters. The first-order valence-corrected chi connectivity index (χ1v) is 3.55. The van der Waals surface area contributed by atoms with Crippen molar-refractivity contribution in [1.82, 2.24) is 4.79 Å². The van der Waals surface area contributed by atoms with E-state index < -0.39 is 5.56 Å². The van der Waals surface area contributed by atoms with Crippen LogP contribution in [-0.4, -0.2) is 4.79 Å². The fraction of sp³-hybridized carbons (Fsp3) is 0. The number of rotatable bonds is 0. The lowest BCUT2D eigenvalue weighted by Gasteiger charge is -1.95. The molecule has 0 N–H and O–H groups in total. The van der Waals surface area contributed by atoms with Crippen molar-refractivity contribution in [3.8, 4) is 0 Å². The first-order valence-electron chi connectivity index (χ1n) is 3.55. The van der Waals surface area contributed by atoms with Gasteiger partial charge in [0, 0.05) is 11.6 Å². The van der Waals surface area contributed by atoms with Crippen molar-refractivity contribution in [3.05, 3.63) is 46.9 Å². The molecular weight excluding hydrogens is 157 g/mol. The zero-order valence-corrected chi connectivity index (χ0v) is 6.20. The van der Waals surface area contributed by atoms with Crippen molar-refractivity contribution in [2.45, 2.75) is 0 Å². The number of benzene rings is 1. The maximum absolute atomic E-state index is 12.7.